The summed E-state index contributed by atoms with van der Waals surface area (Å²) in [6.07, 6.45) is 1.57. The van der Waals surface area contributed by atoms with Crippen molar-refractivity contribution >= 4 is 21.4 Å². The van der Waals surface area contributed by atoms with Gasteiger partial charge in [0.05, 0.1) is 0 Å². The van der Waals surface area contributed by atoms with E-state index < -0.39 is 10.0 Å². The highest BCUT2D eigenvalue weighted by atomic mass is 32.2. The van der Waals surface area contributed by atoms with Crippen molar-refractivity contribution in [2.45, 2.75) is 18.1 Å². The summed E-state index contributed by atoms with van der Waals surface area (Å²) in [5.41, 5.74) is 0.723. The number of rotatable bonds is 2. The molecule has 5 heteroatoms. The molecule has 2 rings (SSSR count). The summed E-state index contributed by atoms with van der Waals surface area (Å²) in [6.45, 7) is 3.67. The third-order valence-corrected chi connectivity index (χ3v) is 5.38. The fraction of sp³-hybridized carbons (Fsp3) is 0.200. The second-order valence-corrected chi connectivity index (χ2v) is 6.65. The molecule has 0 aromatic carbocycles. The highest BCUT2D eigenvalue weighted by Gasteiger charge is 2.19. The molecule has 0 bridgehead atoms. The van der Waals surface area contributed by atoms with E-state index >= 15 is 0 Å². The zero-order chi connectivity index (χ0) is 11.1. The molecule has 2 heterocycles. The molecule has 0 aliphatic carbocycles. The van der Waals surface area contributed by atoms with Gasteiger partial charge in [-0.2, -0.15) is 8.42 Å². The maximum Gasteiger partial charge on any atom is 0.277 e. The van der Waals surface area contributed by atoms with Gasteiger partial charge >= 0.3 is 0 Å². The first-order chi connectivity index (χ1) is 7.01. The second kappa shape index (κ2) is 3.50. The van der Waals surface area contributed by atoms with Crippen molar-refractivity contribution < 1.29 is 8.42 Å². The molecule has 0 aliphatic rings. The average molecular weight is 241 g/mol. The first-order valence-electron chi connectivity index (χ1n) is 4.48. The Morgan fingerprint density at radius 1 is 1.20 bits per heavy atom. The van der Waals surface area contributed by atoms with Crippen LogP contribution in [-0.4, -0.2) is 12.4 Å². The molecule has 0 unspecified atom stereocenters. The van der Waals surface area contributed by atoms with Gasteiger partial charge in [0.1, 0.15) is 4.21 Å². The number of hydrogen-bond acceptors (Lipinski definition) is 3. The van der Waals surface area contributed by atoms with Crippen LogP contribution < -0.4 is 0 Å². The normalized spacial score (nSPS) is 11.9. The second-order valence-electron chi connectivity index (χ2n) is 3.32. The van der Waals surface area contributed by atoms with Crippen LogP contribution in [-0.2, 0) is 10.0 Å². The number of aromatic nitrogens is 1. The molecule has 80 valence electrons. The molecular formula is C10H11NO2S2. The van der Waals surface area contributed by atoms with E-state index in [0.29, 0.717) is 4.21 Å². The zero-order valence-corrected chi connectivity index (χ0v) is 10.1. The number of thiophene rings is 1. The summed E-state index contributed by atoms with van der Waals surface area (Å²) < 4.78 is 25.9. The Morgan fingerprint density at radius 3 is 2.40 bits per heavy atom. The standard InChI is InChI=1S/C10H11NO2S2/c1-8-4-3-7-11(8)15(12,13)10-6-5-9(2)14-10/h3-7H,1-2H3. The highest BCUT2D eigenvalue weighted by molar-refractivity contribution is 7.92. The quantitative estimate of drug-likeness (QED) is 0.810. The molecular weight excluding hydrogens is 230 g/mol. The van der Waals surface area contributed by atoms with Crippen LogP contribution in [0.5, 0.6) is 0 Å². The maximum absolute atomic E-state index is 12.1. The van der Waals surface area contributed by atoms with E-state index in [1.807, 2.05) is 13.0 Å². The molecule has 0 amide bonds. The van der Waals surface area contributed by atoms with Gasteiger partial charge in [-0.25, -0.2) is 3.97 Å². The molecule has 0 aliphatic heterocycles. The molecule has 0 spiro atoms. The van der Waals surface area contributed by atoms with Crippen molar-refractivity contribution in [2.75, 3.05) is 0 Å². The highest BCUT2D eigenvalue weighted by Crippen LogP contribution is 2.23. The van der Waals surface area contributed by atoms with E-state index in [-0.39, 0.29) is 0 Å². The average Bonchev–Trinajstić information content (AvgIpc) is 2.74. The minimum atomic E-state index is -3.37. The minimum absolute atomic E-state index is 0.388. The van der Waals surface area contributed by atoms with Gasteiger partial charge < -0.3 is 0 Å². The molecule has 0 radical (unpaired) electrons. The number of hydrogen-bond donors (Lipinski definition) is 0. The van der Waals surface area contributed by atoms with Gasteiger partial charge in [-0.3, -0.25) is 0 Å². The van der Waals surface area contributed by atoms with E-state index in [1.165, 1.54) is 15.3 Å². The number of aryl methyl sites for hydroxylation is 2. The van der Waals surface area contributed by atoms with E-state index in [0.717, 1.165) is 10.6 Å². The Morgan fingerprint density at radius 2 is 1.93 bits per heavy atom. The van der Waals surface area contributed by atoms with Gasteiger partial charge in [-0.05, 0) is 38.1 Å². The Labute approximate surface area is 93.0 Å². The SMILES string of the molecule is Cc1ccc(S(=O)(=O)n2cccc2C)s1. The van der Waals surface area contributed by atoms with Crippen LogP contribution in [0.25, 0.3) is 0 Å². The van der Waals surface area contributed by atoms with Crippen LogP contribution in [0.3, 0.4) is 0 Å². The van der Waals surface area contributed by atoms with Gasteiger partial charge in [0, 0.05) is 16.8 Å². The zero-order valence-electron chi connectivity index (χ0n) is 8.47. The van der Waals surface area contributed by atoms with Crippen molar-refractivity contribution in [2.24, 2.45) is 0 Å². The lowest BCUT2D eigenvalue weighted by atomic mass is 10.5. The van der Waals surface area contributed by atoms with E-state index in [4.69, 9.17) is 0 Å². The fourth-order valence-electron chi connectivity index (χ4n) is 1.37. The maximum atomic E-state index is 12.1. The largest absolute Gasteiger partial charge is 0.277 e. The molecule has 0 N–H and O–H groups in total. The third kappa shape index (κ3) is 1.72. The molecule has 0 fully saturated rings. The predicted octanol–water partition coefficient (Wildman–Crippen LogP) is 2.40. The summed E-state index contributed by atoms with van der Waals surface area (Å²) >= 11 is 1.29. The topological polar surface area (TPSA) is 39.1 Å². The summed E-state index contributed by atoms with van der Waals surface area (Å²) in [5, 5.41) is 0. The lowest BCUT2D eigenvalue weighted by Gasteiger charge is -2.04. The van der Waals surface area contributed by atoms with Crippen molar-refractivity contribution in [1.82, 2.24) is 3.97 Å². The summed E-state index contributed by atoms with van der Waals surface area (Å²) in [4.78, 5) is 0.999. The molecule has 0 saturated carbocycles. The van der Waals surface area contributed by atoms with Crippen LogP contribution >= 0.6 is 11.3 Å². The molecule has 0 saturated heterocycles. The van der Waals surface area contributed by atoms with Crippen LogP contribution in [0.4, 0.5) is 0 Å². The first-order valence-corrected chi connectivity index (χ1v) is 6.73. The van der Waals surface area contributed by atoms with Gasteiger partial charge in [-0.1, -0.05) is 0 Å². The van der Waals surface area contributed by atoms with E-state index in [1.54, 1.807) is 31.3 Å². The predicted molar refractivity (Wildman–Crippen MR) is 60.8 cm³/mol. The lowest BCUT2D eigenvalue weighted by Crippen LogP contribution is -2.11. The van der Waals surface area contributed by atoms with Crippen LogP contribution in [0, 0.1) is 13.8 Å². The minimum Gasteiger partial charge on any atom is -0.246 e. The van der Waals surface area contributed by atoms with Crippen LogP contribution in [0.1, 0.15) is 10.6 Å². The lowest BCUT2D eigenvalue weighted by molar-refractivity contribution is 0.588. The van der Waals surface area contributed by atoms with Crippen LogP contribution in [0.15, 0.2) is 34.7 Å². The van der Waals surface area contributed by atoms with Crippen molar-refractivity contribution in [3.8, 4) is 0 Å². The Hall–Kier alpha value is -1.07. The molecule has 2 aromatic rings. The van der Waals surface area contributed by atoms with Crippen LogP contribution in [0.2, 0.25) is 0 Å². The molecule has 0 atom stereocenters. The first kappa shape index (κ1) is 10.4. The number of nitrogens with zero attached hydrogens (tertiary/aromatic N) is 1. The van der Waals surface area contributed by atoms with Crippen molar-refractivity contribution in [1.29, 1.82) is 0 Å². The molecule has 2 aromatic heterocycles. The summed E-state index contributed by atoms with van der Waals surface area (Å²) in [7, 11) is -3.37. The Bertz CT molecular complexity index is 578. The molecule has 15 heavy (non-hydrogen) atoms. The fourth-order valence-corrected chi connectivity index (χ4v) is 4.12. The van der Waals surface area contributed by atoms with E-state index in [9.17, 15) is 8.42 Å². The van der Waals surface area contributed by atoms with Gasteiger partial charge in [0.25, 0.3) is 10.0 Å². The van der Waals surface area contributed by atoms with E-state index in [2.05, 4.69) is 0 Å². The Balaban J connectivity index is 2.58. The third-order valence-electron chi connectivity index (χ3n) is 2.14. The smallest absolute Gasteiger partial charge is 0.246 e. The van der Waals surface area contributed by atoms with Gasteiger partial charge in [-0.15, -0.1) is 11.3 Å². The summed E-state index contributed by atoms with van der Waals surface area (Å²) in [6, 6.07) is 6.97. The summed E-state index contributed by atoms with van der Waals surface area (Å²) in [5.74, 6) is 0. The monoisotopic (exact) mass is 241 g/mol. The van der Waals surface area contributed by atoms with Gasteiger partial charge in [0.2, 0.25) is 0 Å². The van der Waals surface area contributed by atoms with Crippen molar-refractivity contribution in [3.63, 3.8) is 0 Å². The molecule has 3 nitrogen and oxygen atoms in total. The van der Waals surface area contributed by atoms with Gasteiger partial charge in [0.15, 0.2) is 0 Å². The van der Waals surface area contributed by atoms with Crippen molar-refractivity contribution in [3.05, 3.63) is 41.0 Å². The Kier molecular flexibility index (Phi) is 2.44.